The number of carbonyl (C=O) groups is 2. The first-order valence-electron chi connectivity index (χ1n) is 10.6. The first-order valence-corrected chi connectivity index (χ1v) is 13.7. The van der Waals surface area contributed by atoms with Crippen LogP contribution in [0.4, 0.5) is 10.8 Å². The molecule has 2 amide bonds. The Morgan fingerprint density at radius 1 is 1.31 bits per heavy atom. The van der Waals surface area contributed by atoms with Gasteiger partial charge in [-0.1, -0.05) is 6.92 Å². The molecule has 3 heterocycles. The maximum Gasteiger partial charge on any atom is 0.244 e. The Bertz CT molecular complexity index is 1160. The van der Waals surface area contributed by atoms with Crippen LogP contribution < -0.4 is 10.2 Å². The molecule has 11 heteroatoms. The van der Waals surface area contributed by atoms with E-state index in [9.17, 15) is 18.0 Å². The fourth-order valence-electron chi connectivity index (χ4n) is 4.17. The van der Waals surface area contributed by atoms with Crippen LogP contribution in [-0.4, -0.2) is 49.2 Å². The number of hydrogen-bond donors (Lipinski definition) is 1. The summed E-state index contributed by atoms with van der Waals surface area (Å²) in [4.78, 5) is 31.1. The molecule has 172 valence electrons. The predicted molar refractivity (Wildman–Crippen MR) is 127 cm³/mol. The summed E-state index contributed by atoms with van der Waals surface area (Å²) in [6.07, 6.45) is 2.27. The first kappa shape index (κ1) is 23.3. The van der Waals surface area contributed by atoms with Crippen LogP contribution in [0, 0.1) is 12.8 Å². The molecule has 1 saturated heterocycles. The van der Waals surface area contributed by atoms with Gasteiger partial charge in [0.05, 0.1) is 16.5 Å². The second-order valence-electron chi connectivity index (χ2n) is 8.05. The fraction of sp³-hybridized carbons (Fsp3) is 0.476. The predicted octanol–water partition coefficient (Wildman–Crippen LogP) is 3.55. The Kier molecular flexibility index (Phi) is 6.71. The van der Waals surface area contributed by atoms with Crippen molar-refractivity contribution in [1.29, 1.82) is 0 Å². The number of nitrogens with one attached hydrogen (secondary N) is 1. The summed E-state index contributed by atoms with van der Waals surface area (Å²) in [6.45, 7) is 4.66. The van der Waals surface area contributed by atoms with Crippen molar-refractivity contribution in [1.82, 2.24) is 9.29 Å². The monoisotopic (exact) mass is 540 g/mol. The molecule has 1 aromatic heterocycles. The minimum atomic E-state index is -3.85. The van der Waals surface area contributed by atoms with Crippen molar-refractivity contribution in [3.63, 3.8) is 0 Å². The lowest BCUT2D eigenvalue weighted by atomic mass is 9.99. The smallest absolute Gasteiger partial charge is 0.244 e. The number of nitrogens with zero attached hydrogens (tertiary/aromatic N) is 3. The number of rotatable bonds is 5. The lowest BCUT2D eigenvalue weighted by molar-refractivity contribution is -0.121. The Morgan fingerprint density at radius 2 is 2.09 bits per heavy atom. The standard InChI is InChI=1S/C21H25BrN4O4S2/c1-3-19(27)26-8-6-14-9-16(22)18(10-17(14)26)32(29,30)25-7-4-5-15(11-25)20(28)24-21-23-13(2)12-31-21/h9-10,12,15H,3-8,11H2,1-2H3,(H,23,24,28)/t15-/m0/s1. The van der Waals surface area contributed by atoms with Crippen LogP contribution in [-0.2, 0) is 26.0 Å². The summed E-state index contributed by atoms with van der Waals surface area (Å²) >= 11 is 4.77. The van der Waals surface area contributed by atoms with Crippen molar-refractivity contribution in [2.24, 2.45) is 5.92 Å². The van der Waals surface area contributed by atoms with E-state index in [1.54, 1.807) is 24.0 Å². The van der Waals surface area contributed by atoms with Gasteiger partial charge in [-0.05, 0) is 59.8 Å². The maximum atomic E-state index is 13.5. The molecular formula is C21H25BrN4O4S2. The number of hydrogen-bond acceptors (Lipinski definition) is 6. The van der Waals surface area contributed by atoms with Gasteiger partial charge in [0.1, 0.15) is 0 Å². The number of carbonyl (C=O) groups excluding carboxylic acids is 2. The highest BCUT2D eigenvalue weighted by atomic mass is 79.9. The van der Waals surface area contributed by atoms with Crippen molar-refractivity contribution < 1.29 is 18.0 Å². The Morgan fingerprint density at radius 3 is 2.78 bits per heavy atom. The summed E-state index contributed by atoms with van der Waals surface area (Å²) < 4.78 is 28.9. The van der Waals surface area contributed by atoms with Gasteiger partial charge in [-0.25, -0.2) is 13.4 Å². The molecule has 1 aromatic carbocycles. The van der Waals surface area contributed by atoms with Gasteiger partial charge in [0.2, 0.25) is 21.8 Å². The van der Waals surface area contributed by atoms with Gasteiger partial charge >= 0.3 is 0 Å². The van der Waals surface area contributed by atoms with Crippen LogP contribution >= 0.6 is 27.3 Å². The lowest BCUT2D eigenvalue weighted by Crippen LogP contribution is -2.43. The van der Waals surface area contributed by atoms with Crippen molar-refractivity contribution in [2.75, 3.05) is 29.9 Å². The maximum absolute atomic E-state index is 13.5. The largest absolute Gasteiger partial charge is 0.312 e. The molecule has 1 fully saturated rings. The van der Waals surface area contributed by atoms with Gasteiger partial charge in [0, 0.05) is 41.6 Å². The number of halogens is 1. The number of thiazole rings is 1. The third kappa shape index (κ3) is 4.48. The fourth-order valence-corrected chi connectivity index (χ4v) is 7.45. The number of aryl methyl sites for hydroxylation is 1. The van der Waals surface area contributed by atoms with Crippen LogP contribution in [0.2, 0.25) is 0 Å². The SMILES string of the molecule is CCC(=O)N1CCc2cc(Br)c(S(=O)(=O)N3CCC[C@H](C(=O)Nc4nc(C)cs4)C3)cc21. The third-order valence-electron chi connectivity index (χ3n) is 5.85. The van der Waals surface area contributed by atoms with Gasteiger partial charge in [-0.3, -0.25) is 9.59 Å². The van der Waals surface area contributed by atoms with Crippen molar-refractivity contribution in [2.45, 2.75) is 44.4 Å². The quantitative estimate of drug-likeness (QED) is 0.624. The highest BCUT2D eigenvalue weighted by Crippen LogP contribution is 2.37. The van der Waals surface area contributed by atoms with Crippen LogP contribution in [0.1, 0.15) is 37.4 Å². The van der Waals surface area contributed by atoms with Gasteiger partial charge in [-0.15, -0.1) is 11.3 Å². The molecule has 0 radical (unpaired) electrons. The third-order valence-corrected chi connectivity index (χ3v) is 9.55. The number of benzene rings is 1. The average Bonchev–Trinajstić information content (AvgIpc) is 3.37. The second-order valence-corrected chi connectivity index (χ2v) is 11.7. The van der Waals surface area contributed by atoms with Crippen molar-refractivity contribution >= 4 is 59.9 Å². The van der Waals surface area contributed by atoms with E-state index in [2.05, 4.69) is 26.2 Å². The molecule has 32 heavy (non-hydrogen) atoms. The van der Waals surface area contributed by atoms with E-state index < -0.39 is 15.9 Å². The molecule has 1 N–H and O–H groups in total. The number of anilines is 2. The van der Waals surface area contributed by atoms with Gasteiger partial charge in [0.15, 0.2) is 5.13 Å². The number of sulfonamides is 1. The van der Waals surface area contributed by atoms with E-state index in [1.807, 2.05) is 12.3 Å². The van der Waals surface area contributed by atoms with E-state index >= 15 is 0 Å². The van der Waals surface area contributed by atoms with Crippen LogP contribution in [0.3, 0.4) is 0 Å². The molecule has 1 atom stereocenters. The summed E-state index contributed by atoms with van der Waals surface area (Å²) in [5, 5.41) is 5.18. The van der Waals surface area contributed by atoms with E-state index in [0.717, 1.165) is 11.3 Å². The van der Waals surface area contributed by atoms with Crippen molar-refractivity contribution in [3.8, 4) is 0 Å². The van der Waals surface area contributed by atoms with Crippen molar-refractivity contribution in [3.05, 3.63) is 33.2 Å². The molecule has 0 spiro atoms. The second kappa shape index (κ2) is 9.20. The zero-order valence-electron chi connectivity index (χ0n) is 17.9. The molecule has 2 aromatic rings. The summed E-state index contributed by atoms with van der Waals surface area (Å²) in [7, 11) is -3.85. The van der Waals surface area contributed by atoms with Crippen LogP contribution in [0.5, 0.6) is 0 Å². The molecule has 0 unspecified atom stereocenters. The average molecular weight is 541 g/mol. The highest BCUT2D eigenvalue weighted by molar-refractivity contribution is 9.10. The molecule has 8 nitrogen and oxygen atoms in total. The minimum absolute atomic E-state index is 0.0263. The summed E-state index contributed by atoms with van der Waals surface area (Å²) in [5.41, 5.74) is 2.44. The molecular weight excluding hydrogens is 516 g/mol. The van der Waals surface area contributed by atoms with Gasteiger partial charge in [-0.2, -0.15) is 4.31 Å². The number of fused-ring (bicyclic) bond motifs is 1. The summed E-state index contributed by atoms with van der Waals surface area (Å²) in [6, 6.07) is 3.39. The van der Waals surface area contributed by atoms with E-state index in [-0.39, 0.29) is 23.3 Å². The van der Waals surface area contributed by atoms with E-state index in [1.165, 1.54) is 15.6 Å². The van der Waals surface area contributed by atoms with E-state index in [0.29, 0.717) is 54.1 Å². The lowest BCUT2D eigenvalue weighted by Gasteiger charge is -2.31. The normalized spacial score (nSPS) is 19.1. The topological polar surface area (TPSA) is 99.7 Å². The number of aromatic nitrogens is 1. The number of amides is 2. The minimum Gasteiger partial charge on any atom is -0.312 e. The molecule has 0 bridgehead atoms. The zero-order chi connectivity index (χ0) is 23.0. The Hall–Kier alpha value is -1.82. The van der Waals surface area contributed by atoms with Gasteiger partial charge < -0.3 is 10.2 Å². The Labute approximate surface area is 200 Å². The van der Waals surface area contributed by atoms with E-state index in [4.69, 9.17) is 0 Å². The highest BCUT2D eigenvalue weighted by Gasteiger charge is 2.36. The molecule has 2 aliphatic heterocycles. The summed E-state index contributed by atoms with van der Waals surface area (Å²) in [5.74, 6) is -0.692. The first-order chi connectivity index (χ1) is 15.2. The zero-order valence-corrected chi connectivity index (χ0v) is 21.1. The van der Waals surface area contributed by atoms with Crippen LogP contribution in [0.15, 0.2) is 26.9 Å². The number of piperidine rings is 1. The molecule has 4 rings (SSSR count). The Balaban J connectivity index is 1.56. The van der Waals surface area contributed by atoms with Gasteiger partial charge in [0.25, 0.3) is 0 Å². The van der Waals surface area contributed by atoms with Crippen LogP contribution in [0.25, 0.3) is 0 Å². The molecule has 0 aliphatic carbocycles. The molecule has 2 aliphatic rings. The molecule has 0 saturated carbocycles.